The smallest absolute Gasteiger partial charge is 0.317 e. The van der Waals surface area contributed by atoms with Crippen molar-refractivity contribution in [2.75, 3.05) is 6.61 Å². The molecule has 3 heteroatoms. The number of carbonyl (C=O) groups is 2. The highest BCUT2D eigenvalue weighted by atomic mass is 16.5. The molecule has 1 aromatic carbocycles. The second-order valence-corrected chi connectivity index (χ2v) is 5.25. The van der Waals surface area contributed by atoms with Gasteiger partial charge in [-0.25, -0.2) is 0 Å². The molecule has 1 aliphatic rings. The Balaban J connectivity index is 2.14. The average molecular weight is 246 g/mol. The molecule has 0 bridgehead atoms. The van der Waals surface area contributed by atoms with Gasteiger partial charge < -0.3 is 4.74 Å². The Morgan fingerprint density at radius 2 is 2.17 bits per heavy atom. The Kier molecular flexibility index (Phi) is 3.50. The van der Waals surface area contributed by atoms with E-state index in [-0.39, 0.29) is 17.7 Å². The van der Waals surface area contributed by atoms with Crippen LogP contribution >= 0.6 is 0 Å². The van der Waals surface area contributed by atoms with E-state index >= 15 is 0 Å². The minimum absolute atomic E-state index is 0.0949. The SMILES string of the molecule is Cc1cccc2c1CC(C(=O)OCC(C)C)C2=O. The highest BCUT2D eigenvalue weighted by molar-refractivity contribution is 6.12. The number of carbonyl (C=O) groups excluding carboxylic acids is 2. The van der Waals surface area contributed by atoms with Crippen LogP contribution in [0.1, 0.15) is 35.3 Å². The van der Waals surface area contributed by atoms with Crippen LogP contribution < -0.4 is 0 Å². The molecule has 0 heterocycles. The number of fused-ring (bicyclic) bond motifs is 1. The van der Waals surface area contributed by atoms with Gasteiger partial charge in [-0.1, -0.05) is 32.0 Å². The van der Waals surface area contributed by atoms with Crippen molar-refractivity contribution in [2.24, 2.45) is 11.8 Å². The van der Waals surface area contributed by atoms with Crippen molar-refractivity contribution in [3.05, 3.63) is 34.9 Å². The summed E-state index contributed by atoms with van der Waals surface area (Å²) in [4.78, 5) is 24.0. The van der Waals surface area contributed by atoms with E-state index in [1.54, 1.807) is 6.07 Å². The molecule has 0 fully saturated rings. The predicted octanol–water partition coefficient (Wildman–Crippen LogP) is 2.55. The molecular formula is C15H18O3. The lowest BCUT2D eigenvalue weighted by molar-refractivity contribution is -0.147. The zero-order valence-corrected chi connectivity index (χ0v) is 11.0. The van der Waals surface area contributed by atoms with Crippen molar-refractivity contribution >= 4 is 11.8 Å². The van der Waals surface area contributed by atoms with E-state index in [2.05, 4.69) is 0 Å². The number of ketones is 1. The fraction of sp³-hybridized carbons (Fsp3) is 0.467. The first-order valence-corrected chi connectivity index (χ1v) is 6.30. The third kappa shape index (κ3) is 2.30. The van der Waals surface area contributed by atoms with Gasteiger partial charge in [-0.15, -0.1) is 0 Å². The summed E-state index contributed by atoms with van der Waals surface area (Å²) in [5, 5.41) is 0. The Morgan fingerprint density at radius 3 is 2.78 bits per heavy atom. The molecule has 0 aliphatic heterocycles. The average Bonchev–Trinajstić information content (AvgIpc) is 2.66. The molecule has 0 saturated heterocycles. The van der Waals surface area contributed by atoms with E-state index in [0.29, 0.717) is 18.6 Å². The molecule has 1 atom stereocenters. The Morgan fingerprint density at radius 1 is 1.44 bits per heavy atom. The van der Waals surface area contributed by atoms with Crippen LogP contribution in [0.2, 0.25) is 0 Å². The lowest BCUT2D eigenvalue weighted by atomic mass is 10.0. The molecule has 1 aromatic rings. The summed E-state index contributed by atoms with van der Waals surface area (Å²) in [7, 11) is 0. The molecule has 0 N–H and O–H groups in total. The number of aryl methyl sites for hydroxylation is 1. The second-order valence-electron chi connectivity index (χ2n) is 5.25. The maximum absolute atomic E-state index is 12.1. The van der Waals surface area contributed by atoms with Crippen molar-refractivity contribution in [3.8, 4) is 0 Å². The molecule has 0 radical (unpaired) electrons. The summed E-state index contributed by atoms with van der Waals surface area (Å²) in [5.41, 5.74) is 2.75. The van der Waals surface area contributed by atoms with E-state index < -0.39 is 5.92 Å². The molecule has 0 aromatic heterocycles. The molecule has 18 heavy (non-hydrogen) atoms. The molecule has 0 saturated carbocycles. The fourth-order valence-corrected chi connectivity index (χ4v) is 2.23. The number of hydrogen-bond donors (Lipinski definition) is 0. The van der Waals surface area contributed by atoms with Crippen molar-refractivity contribution < 1.29 is 14.3 Å². The monoisotopic (exact) mass is 246 g/mol. The highest BCUT2D eigenvalue weighted by Gasteiger charge is 2.37. The van der Waals surface area contributed by atoms with E-state index in [9.17, 15) is 9.59 Å². The Bertz CT molecular complexity index is 489. The summed E-state index contributed by atoms with van der Waals surface area (Å²) in [6.07, 6.45) is 0.484. The molecular weight excluding hydrogens is 228 g/mol. The number of Topliss-reactive ketones (excluding diaryl/α,β-unsaturated/α-hetero) is 1. The van der Waals surface area contributed by atoms with Gasteiger partial charge in [0.2, 0.25) is 0 Å². The van der Waals surface area contributed by atoms with Crippen LogP contribution in [0.4, 0.5) is 0 Å². The summed E-state index contributed by atoms with van der Waals surface area (Å²) < 4.78 is 5.17. The van der Waals surface area contributed by atoms with Crippen LogP contribution in [-0.2, 0) is 16.0 Å². The van der Waals surface area contributed by atoms with Crippen LogP contribution in [0.3, 0.4) is 0 Å². The summed E-state index contributed by atoms with van der Waals surface area (Å²) in [6.45, 7) is 6.29. The molecule has 0 amide bonds. The molecule has 3 nitrogen and oxygen atoms in total. The van der Waals surface area contributed by atoms with Crippen molar-refractivity contribution in [1.29, 1.82) is 0 Å². The first-order chi connectivity index (χ1) is 8.50. The van der Waals surface area contributed by atoms with Crippen LogP contribution in [-0.4, -0.2) is 18.4 Å². The van der Waals surface area contributed by atoms with Gasteiger partial charge in [0, 0.05) is 5.56 Å². The fourth-order valence-electron chi connectivity index (χ4n) is 2.23. The first-order valence-electron chi connectivity index (χ1n) is 6.30. The normalized spacial score (nSPS) is 18.0. The van der Waals surface area contributed by atoms with Crippen LogP contribution in [0.15, 0.2) is 18.2 Å². The molecule has 96 valence electrons. The maximum atomic E-state index is 12.1. The number of ether oxygens (including phenoxy) is 1. The van der Waals surface area contributed by atoms with Gasteiger partial charge >= 0.3 is 5.97 Å². The number of hydrogen-bond acceptors (Lipinski definition) is 3. The maximum Gasteiger partial charge on any atom is 0.317 e. The van der Waals surface area contributed by atoms with E-state index in [1.807, 2.05) is 32.9 Å². The molecule has 1 aliphatic carbocycles. The van der Waals surface area contributed by atoms with Gasteiger partial charge in [0.1, 0.15) is 5.92 Å². The van der Waals surface area contributed by atoms with Crippen molar-refractivity contribution in [3.63, 3.8) is 0 Å². The third-order valence-corrected chi connectivity index (χ3v) is 3.24. The lowest BCUT2D eigenvalue weighted by Crippen LogP contribution is -2.24. The molecule has 2 rings (SSSR count). The Labute approximate surface area is 107 Å². The summed E-state index contributed by atoms with van der Waals surface area (Å²) >= 11 is 0. The number of benzene rings is 1. The predicted molar refractivity (Wildman–Crippen MR) is 68.5 cm³/mol. The van der Waals surface area contributed by atoms with Gasteiger partial charge in [0.05, 0.1) is 6.61 Å². The van der Waals surface area contributed by atoms with E-state index in [0.717, 1.165) is 11.1 Å². The minimum atomic E-state index is -0.639. The van der Waals surface area contributed by atoms with Gasteiger partial charge in [0.25, 0.3) is 0 Å². The van der Waals surface area contributed by atoms with Crippen molar-refractivity contribution in [1.82, 2.24) is 0 Å². The van der Waals surface area contributed by atoms with Crippen LogP contribution in [0.25, 0.3) is 0 Å². The number of rotatable bonds is 3. The zero-order chi connectivity index (χ0) is 13.3. The van der Waals surface area contributed by atoms with Crippen LogP contribution in [0.5, 0.6) is 0 Å². The standard InChI is InChI=1S/C15H18O3/c1-9(2)8-18-15(17)13-7-12-10(3)5-4-6-11(12)14(13)16/h4-6,9,13H,7-8H2,1-3H3. The quantitative estimate of drug-likeness (QED) is 0.608. The largest absolute Gasteiger partial charge is 0.465 e. The van der Waals surface area contributed by atoms with Crippen LogP contribution in [0, 0.1) is 18.8 Å². The lowest BCUT2D eigenvalue weighted by Gasteiger charge is -2.10. The Hall–Kier alpha value is -1.64. The van der Waals surface area contributed by atoms with Gasteiger partial charge in [-0.2, -0.15) is 0 Å². The van der Waals surface area contributed by atoms with E-state index in [4.69, 9.17) is 4.74 Å². The minimum Gasteiger partial charge on any atom is -0.465 e. The van der Waals surface area contributed by atoms with Crippen molar-refractivity contribution in [2.45, 2.75) is 27.2 Å². The van der Waals surface area contributed by atoms with Gasteiger partial charge in [-0.05, 0) is 30.4 Å². The summed E-state index contributed by atoms with van der Waals surface area (Å²) in [6, 6.07) is 5.61. The topological polar surface area (TPSA) is 43.4 Å². The first kappa shape index (κ1) is 12.8. The highest BCUT2D eigenvalue weighted by Crippen LogP contribution is 2.30. The zero-order valence-electron chi connectivity index (χ0n) is 11.0. The van der Waals surface area contributed by atoms with Gasteiger partial charge in [-0.3, -0.25) is 9.59 Å². The third-order valence-electron chi connectivity index (χ3n) is 3.24. The molecule has 0 spiro atoms. The second kappa shape index (κ2) is 4.92. The summed E-state index contributed by atoms with van der Waals surface area (Å²) in [5.74, 6) is -0.832. The number of esters is 1. The van der Waals surface area contributed by atoms with E-state index in [1.165, 1.54) is 0 Å². The molecule has 1 unspecified atom stereocenters. The van der Waals surface area contributed by atoms with Gasteiger partial charge in [0.15, 0.2) is 5.78 Å².